The summed E-state index contributed by atoms with van der Waals surface area (Å²) in [6.07, 6.45) is 0.458. The number of ketones is 1. The molecule has 2 atom stereocenters. The zero-order valence-electron chi connectivity index (χ0n) is 18.9. The fraction of sp³-hybridized carbons (Fsp3) is 0.0968. The highest BCUT2D eigenvalue weighted by atomic mass is 79.9. The fourth-order valence-corrected chi connectivity index (χ4v) is 4.90. The zero-order valence-corrected chi connectivity index (χ0v) is 20.5. The van der Waals surface area contributed by atoms with Crippen molar-refractivity contribution in [1.29, 1.82) is 0 Å². The highest BCUT2D eigenvalue weighted by molar-refractivity contribution is 9.10. The summed E-state index contributed by atoms with van der Waals surface area (Å²) < 4.78 is 6.97. The number of halogens is 1. The molecule has 0 bridgehead atoms. The highest BCUT2D eigenvalue weighted by Gasteiger charge is 2.43. The Morgan fingerprint density at radius 2 is 1.31 bits per heavy atom. The highest BCUT2D eigenvalue weighted by Crippen LogP contribution is 2.45. The fourth-order valence-electron chi connectivity index (χ4n) is 4.64. The number of hydrogen-bond acceptors (Lipinski definition) is 3. The number of esters is 1. The van der Waals surface area contributed by atoms with Gasteiger partial charge in [0.1, 0.15) is 5.76 Å². The SMILES string of the molecule is O=C(C1=C(c2ccccc2)OC(=O)[C@H](Cc2ccc(Br)cc2)[C@@H]1c1ccccc1)c1ccccc1. The zero-order chi connectivity index (χ0) is 24.2. The van der Waals surface area contributed by atoms with Crippen LogP contribution in [0.3, 0.4) is 0 Å². The van der Waals surface area contributed by atoms with Crippen molar-refractivity contribution in [2.45, 2.75) is 12.3 Å². The second-order valence-corrected chi connectivity index (χ2v) is 9.47. The van der Waals surface area contributed by atoms with Gasteiger partial charge in [0.05, 0.1) is 11.5 Å². The number of allylic oxidation sites excluding steroid dienone is 1. The summed E-state index contributed by atoms with van der Waals surface area (Å²) in [5.74, 6) is -1.13. The molecule has 0 amide bonds. The van der Waals surface area contributed by atoms with E-state index in [1.807, 2.05) is 103 Å². The predicted molar refractivity (Wildman–Crippen MR) is 141 cm³/mol. The molecule has 0 saturated heterocycles. The maximum atomic E-state index is 14.1. The van der Waals surface area contributed by atoms with Crippen LogP contribution in [0.2, 0.25) is 0 Å². The van der Waals surface area contributed by atoms with Crippen molar-refractivity contribution in [1.82, 2.24) is 0 Å². The van der Waals surface area contributed by atoms with Crippen LogP contribution in [0.1, 0.15) is 33.0 Å². The van der Waals surface area contributed by atoms with E-state index < -0.39 is 11.8 Å². The van der Waals surface area contributed by atoms with Crippen molar-refractivity contribution in [3.05, 3.63) is 148 Å². The van der Waals surface area contributed by atoms with Gasteiger partial charge in [0.2, 0.25) is 0 Å². The number of carbonyl (C=O) groups excluding carboxylic acids is 2. The Hall–Kier alpha value is -3.76. The number of Topliss-reactive ketones (excluding diaryl/α,β-unsaturated/α-hetero) is 1. The van der Waals surface area contributed by atoms with Gasteiger partial charge in [0.25, 0.3) is 0 Å². The summed E-state index contributed by atoms with van der Waals surface area (Å²) >= 11 is 3.48. The average Bonchev–Trinajstić information content (AvgIpc) is 2.91. The third-order valence-corrected chi connectivity index (χ3v) is 6.84. The number of carbonyl (C=O) groups is 2. The minimum absolute atomic E-state index is 0.133. The number of rotatable bonds is 6. The van der Waals surface area contributed by atoms with E-state index in [0.717, 1.165) is 15.6 Å². The molecule has 0 saturated carbocycles. The second kappa shape index (κ2) is 10.2. The molecule has 0 aliphatic carbocycles. The van der Waals surface area contributed by atoms with Crippen molar-refractivity contribution < 1.29 is 14.3 Å². The summed E-state index contributed by atoms with van der Waals surface area (Å²) in [6, 6.07) is 36.3. The largest absolute Gasteiger partial charge is 0.425 e. The van der Waals surface area contributed by atoms with Gasteiger partial charge in [0.15, 0.2) is 5.78 Å². The van der Waals surface area contributed by atoms with Crippen molar-refractivity contribution in [2.75, 3.05) is 0 Å². The van der Waals surface area contributed by atoms with Crippen molar-refractivity contribution in [3.8, 4) is 0 Å². The summed E-state index contributed by atoms with van der Waals surface area (Å²) in [7, 11) is 0. The minimum atomic E-state index is -0.548. The lowest BCUT2D eigenvalue weighted by molar-refractivity contribution is -0.143. The van der Waals surface area contributed by atoms with Crippen molar-refractivity contribution >= 4 is 33.4 Å². The third-order valence-electron chi connectivity index (χ3n) is 6.31. The van der Waals surface area contributed by atoms with Crippen LogP contribution in [-0.4, -0.2) is 11.8 Å². The summed E-state index contributed by atoms with van der Waals surface area (Å²) in [6.45, 7) is 0. The molecule has 35 heavy (non-hydrogen) atoms. The number of ether oxygens (including phenoxy) is 1. The molecule has 4 aromatic carbocycles. The Labute approximate surface area is 213 Å². The molecule has 3 nitrogen and oxygen atoms in total. The first-order valence-electron chi connectivity index (χ1n) is 11.5. The number of hydrogen-bond donors (Lipinski definition) is 0. The topological polar surface area (TPSA) is 43.4 Å². The standard InChI is InChI=1S/C31H23BrO3/c32-25-18-16-21(17-19-25)20-26-27(22-10-4-1-5-11-22)28(29(33)23-12-6-2-7-13-23)30(35-31(26)34)24-14-8-3-9-15-24/h1-19,26-27H,20H2/t26-,27+/m1/s1. The lowest BCUT2D eigenvalue weighted by atomic mass is 9.73. The number of cyclic esters (lactones) is 1. The predicted octanol–water partition coefficient (Wildman–Crippen LogP) is 7.24. The molecule has 0 aromatic heterocycles. The Bertz CT molecular complexity index is 1360. The van der Waals surface area contributed by atoms with Crippen LogP contribution < -0.4 is 0 Å². The quantitative estimate of drug-likeness (QED) is 0.198. The number of benzene rings is 4. The summed E-state index contributed by atoms with van der Waals surface area (Å²) in [5.41, 5.74) is 3.71. The van der Waals surface area contributed by atoms with Gasteiger partial charge >= 0.3 is 5.97 Å². The van der Waals surface area contributed by atoms with Crippen LogP contribution in [0.25, 0.3) is 5.76 Å². The average molecular weight is 523 g/mol. The molecule has 1 aliphatic rings. The Morgan fingerprint density at radius 3 is 1.94 bits per heavy atom. The van der Waals surface area contributed by atoms with Gasteiger partial charge in [-0.2, -0.15) is 0 Å². The smallest absolute Gasteiger partial charge is 0.315 e. The van der Waals surface area contributed by atoms with E-state index in [9.17, 15) is 9.59 Å². The van der Waals surface area contributed by atoms with E-state index >= 15 is 0 Å². The first kappa shape index (κ1) is 23.0. The first-order valence-corrected chi connectivity index (χ1v) is 12.3. The van der Waals surface area contributed by atoms with Crippen LogP contribution in [0.4, 0.5) is 0 Å². The molecule has 0 N–H and O–H groups in total. The molecule has 4 heteroatoms. The van der Waals surface area contributed by atoms with Gasteiger partial charge in [-0.15, -0.1) is 0 Å². The molecular weight excluding hydrogens is 500 g/mol. The van der Waals surface area contributed by atoms with Crippen molar-refractivity contribution in [3.63, 3.8) is 0 Å². The van der Waals surface area contributed by atoms with Crippen molar-refractivity contribution in [2.24, 2.45) is 5.92 Å². The molecule has 0 spiro atoms. The lowest BCUT2D eigenvalue weighted by Crippen LogP contribution is -2.35. The van der Waals surface area contributed by atoms with Crippen LogP contribution in [0, 0.1) is 5.92 Å². The van der Waals surface area contributed by atoms with Crippen LogP contribution in [0.15, 0.2) is 125 Å². The third kappa shape index (κ3) is 4.89. The minimum Gasteiger partial charge on any atom is -0.425 e. The Morgan fingerprint density at radius 1 is 0.743 bits per heavy atom. The molecular formula is C31H23BrO3. The normalized spacial score (nSPS) is 17.7. The van der Waals surface area contributed by atoms with Gasteiger partial charge in [-0.25, -0.2) is 0 Å². The Kier molecular flexibility index (Phi) is 6.73. The Balaban J connectivity index is 1.71. The van der Waals surface area contributed by atoms with E-state index in [1.165, 1.54) is 0 Å². The molecule has 0 fully saturated rings. The van der Waals surface area contributed by atoms with Crippen LogP contribution in [0.5, 0.6) is 0 Å². The van der Waals surface area contributed by atoms with Gasteiger partial charge in [0, 0.05) is 21.5 Å². The van der Waals surface area contributed by atoms with Gasteiger partial charge in [-0.05, 0) is 29.7 Å². The van der Waals surface area contributed by atoms with Gasteiger partial charge < -0.3 is 4.74 Å². The maximum absolute atomic E-state index is 14.1. The van der Waals surface area contributed by atoms with E-state index in [1.54, 1.807) is 12.1 Å². The molecule has 1 heterocycles. The molecule has 0 radical (unpaired) electrons. The lowest BCUT2D eigenvalue weighted by Gasteiger charge is -2.34. The molecule has 172 valence electrons. The van der Waals surface area contributed by atoms with Crippen LogP contribution in [-0.2, 0) is 16.0 Å². The molecule has 0 unspecified atom stereocenters. The van der Waals surface area contributed by atoms with E-state index in [4.69, 9.17) is 4.74 Å². The van der Waals surface area contributed by atoms with E-state index in [0.29, 0.717) is 28.9 Å². The monoisotopic (exact) mass is 522 g/mol. The van der Waals surface area contributed by atoms with E-state index in [2.05, 4.69) is 15.9 Å². The molecule has 5 rings (SSSR count). The summed E-state index contributed by atoms with van der Waals surface area (Å²) in [5, 5.41) is 0. The summed E-state index contributed by atoms with van der Waals surface area (Å²) in [4.78, 5) is 27.6. The molecule has 1 aliphatic heterocycles. The first-order chi connectivity index (χ1) is 17.1. The second-order valence-electron chi connectivity index (χ2n) is 8.55. The maximum Gasteiger partial charge on any atom is 0.315 e. The van der Waals surface area contributed by atoms with Crippen LogP contribution >= 0.6 is 15.9 Å². The molecule has 4 aromatic rings. The van der Waals surface area contributed by atoms with Gasteiger partial charge in [-0.1, -0.05) is 119 Å². The van der Waals surface area contributed by atoms with E-state index in [-0.39, 0.29) is 11.8 Å². The van der Waals surface area contributed by atoms with Gasteiger partial charge in [-0.3, -0.25) is 9.59 Å².